The molecule has 3 aromatic rings. The van der Waals surface area contributed by atoms with Crippen LogP contribution in [0.25, 0.3) is 11.3 Å². The van der Waals surface area contributed by atoms with Crippen LogP contribution < -0.4 is 10.6 Å². The maximum Gasteiger partial charge on any atom is 0.280 e. The van der Waals surface area contributed by atoms with Crippen molar-refractivity contribution < 1.29 is 9.90 Å². The number of aromatic nitrogens is 2. The lowest BCUT2D eigenvalue weighted by Crippen LogP contribution is -2.22. The molecule has 0 bridgehead atoms. The molecule has 0 atom stereocenters. The predicted octanol–water partition coefficient (Wildman–Crippen LogP) is 1.91. The lowest BCUT2D eigenvalue weighted by Gasteiger charge is -2.05. The molecular weight excluding hydrogens is 322 g/mol. The monoisotopic (exact) mass is 335 g/mol. The Labute approximate surface area is 142 Å². The summed E-state index contributed by atoms with van der Waals surface area (Å²) < 4.78 is 1.82. The van der Waals surface area contributed by atoms with Gasteiger partial charge in [-0.2, -0.15) is 0 Å². The highest BCUT2D eigenvalue weighted by atomic mass is 32.1. The van der Waals surface area contributed by atoms with Gasteiger partial charge in [0, 0.05) is 5.22 Å². The van der Waals surface area contributed by atoms with E-state index in [9.17, 15) is 9.90 Å². The second kappa shape index (κ2) is 5.28. The fraction of sp³-hybridized carbons (Fsp3) is 0.0556. The van der Waals surface area contributed by atoms with E-state index in [1.807, 2.05) is 43.3 Å². The number of carbonyl (C=O) groups excluding carboxylic acids is 1. The zero-order chi connectivity index (χ0) is 16.8. The molecule has 4 rings (SSSR count). The quantitative estimate of drug-likeness (QED) is 0.703. The van der Waals surface area contributed by atoms with Gasteiger partial charge in [-0.1, -0.05) is 35.9 Å². The van der Waals surface area contributed by atoms with E-state index in [0.29, 0.717) is 26.6 Å². The van der Waals surface area contributed by atoms with Crippen molar-refractivity contribution in [1.82, 2.24) is 9.55 Å². The molecule has 118 valence electrons. The summed E-state index contributed by atoms with van der Waals surface area (Å²) in [5, 5.41) is 12.0. The third-order valence-corrected chi connectivity index (χ3v) is 4.31. The number of amides is 1. The van der Waals surface area contributed by atoms with Crippen LogP contribution in [0, 0.1) is 11.7 Å². The average Bonchev–Trinajstić information content (AvgIpc) is 3.04. The molecule has 6 heteroatoms. The normalized spacial score (nSPS) is 13.0. The highest BCUT2D eigenvalue weighted by Crippen LogP contribution is 2.28. The lowest BCUT2D eigenvalue weighted by atomic mass is 10.1. The molecule has 0 spiro atoms. The van der Waals surface area contributed by atoms with Crippen molar-refractivity contribution in [2.24, 2.45) is 4.99 Å². The number of imidazole rings is 1. The standard InChI is InChI=1S/C18H13N3O2S/c1-10-6-8-11(9-7-10)21-17(23)15(20-18(21)24)14-12-4-2-3-5-13(12)19-16(14)22/h2-9,23H,1H3,(H,20,24). The summed E-state index contributed by atoms with van der Waals surface area (Å²) in [7, 11) is 0. The van der Waals surface area contributed by atoms with E-state index < -0.39 is 0 Å². The van der Waals surface area contributed by atoms with Crippen molar-refractivity contribution in [3.8, 4) is 11.6 Å². The van der Waals surface area contributed by atoms with Gasteiger partial charge in [0.2, 0.25) is 5.88 Å². The number of nitrogens with zero attached hydrogens (tertiary/aromatic N) is 2. The third-order valence-electron chi connectivity index (χ3n) is 4.02. The van der Waals surface area contributed by atoms with E-state index in [1.54, 1.807) is 12.1 Å². The molecule has 0 radical (unpaired) electrons. The minimum atomic E-state index is -0.390. The van der Waals surface area contributed by atoms with Gasteiger partial charge in [-0.15, -0.1) is 0 Å². The number of H-pyrrole nitrogens is 1. The van der Waals surface area contributed by atoms with Crippen LogP contribution in [0.5, 0.6) is 5.88 Å². The first-order valence-corrected chi connectivity index (χ1v) is 7.81. The fourth-order valence-electron chi connectivity index (χ4n) is 2.84. The van der Waals surface area contributed by atoms with Crippen molar-refractivity contribution in [1.29, 1.82) is 0 Å². The first kappa shape index (κ1) is 14.6. The van der Waals surface area contributed by atoms with Crippen LogP contribution in [-0.2, 0) is 4.79 Å². The van der Waals surface area contributed by atoms with Crippen molar-refractivity contribution in [2.45, 2.75) is 6.92 Å². The zero-order valence-corrected chi connectivity index (χ0v) is 13.6. The van der Waals surface area contributed by atoms with Crippen molar-refractivity contribution in [3.05, 3.63) is 75.1 Å². The molecule has 2 heterocycles. The zero-order valence-electron chi connectivity index (χ0n) is 12.8. The van der Waals surface area contributed by atoms with Gasteiger partial charge in [0.1, 0.15) is 5.69 Å². The van der Waals surface area contributed by atoms with Gasteiger partial charge in [-0.25, -0.2) is 4.99 Å². The highest BCUT2D eigenvalue weighted by Gasteiger charge is 2.25. The van der Waals surface area contributed by atoms with Gasteiger partial charge < -0.3 is 10.1 Å². The summed E-state index contributed by atoms with van der Waals surface area (Å²) in [5.74, 6) is -0.488. The molecular formula is C18H13N3O2S. The van der Waals surface area contributed by atoms with Gasteiger partial charge in [0.05, 0.1) is 16.6 Å². The van der Waals surface area contributed by atoms with Gasteiger partial charge in [-0.3, -0.25) is 9.36 Å². The first-order valence-electron chi connectivity index (χ1n) is 7.40. The number of para-hydroxylation sites is 1. The number of aromatic hydroxyl groups is 1. The Bertz CT molecular complexity index is 1150. The maximum atomic E-state index is 12.3. The maximum absolute atomic E-state index is 12.3. The van der Waals surface area contributed by atoms with Gasteiger partial charge >= 0.3 is 0 Å². The van der Waals surface area contributed by atoms with Crippen LogP contribution in [0.2, 0.25) is 0 Å². The van der Waals surface area contributed by atoms with Crippen molar-refractivity contribution in [2.75, 3.05) is 0 Å². The molecule has 2 N–H and O–H groups in total. The van der Waals surface area contributed by atoms with E-state index in [4.69, 9.17) is 12.2 Å². The molecule has 0 unspecified atom stereocenters. The fourth-order valence-corrected chi connectivity index (χ4v) is 3.13. The van der Waals surface area contributed by atoms with E-state index in [2.05, 4.69) is 9.98 Å². The number of nitrogens with one attached hydrogen (secondary N) is 1. The number of hydrogen-bond donors (Lipinski definition) is 2. The summed E-state index contributed by atoms with van der Waals surface area (Å²) >= 11 is 5.34. The lowest BCUT2D eigenvalue weighted by molar-refractivity contribution is -0.112. The Morgan fingerprint density at radius 2 is 1.83 bits per heavy atom. The van der Waals surface area contributed by atoms with E-state index in [-0.39, 0.29) is 11.8 Å². The Hall–Kier alpha value is -2.99. The molecule has 1 aliphatic heterocycles. The number of hydrogen-bond acceptors (Lipinski definition) is 3. The van der Waals surface area contributed by atoms with Gasteiger partial charge in [0.15, 0.2) is 4.77 Å². The number of carbonyl (C=O) groups is 1. The van der Waals surface area contributed by atoms with E-state index in [0.717, 1.165) is 11.3 Å². The molecule has 0 fully saturated rings. The molecule has 0 saturated heterocycles. The minimum Gasteiger partial charge on any atom is -0.493 e. The SMILES string of the molecule is Cc1ccc(-n2c(O)c(C3=c4ccccc4=NC3=O)[nH]c2=S)cc1. The van der Waals surface area contributed by atoms with Crippen molar-refractivity contribution in [3.63, 3.8) is 0 Å². The number of rotatable bonds is 2. The van der Waals surface area contributed by atoms with Crippen LogP contribution in [0.1, 0.15) is 11.3 Å². The van der Waals surface area contributed by atoms with Gasteiger partial charge in [-0.05, 0) is 37.3 Å². The third kappa shape index (κ3) is 2.11. The summed E-state index contributed by atoms with van der Waals surface area (Å²) in [5.41, 5.74) is 2.45. The summed E-state index contributed by atoms with van der Waals surface area (Å²) in [6.45, 7) is 1.98. The molecule has 1 aliphatic rings. The molecule has 2 aromatic carbocycles. The van der Waals surface area contributed by atoms with Crippen LogP contribution in [0.15, 0.2) is 53.5 Å². The highest BCUT2D eigenvalue weighted by molar-refractivity contribution is 7.71. The Morgan fingerprint density at radius 1 is 1.12 bits per heavy atom. The van der Waals surface area contributed by atoms with E-state index >= 15 is 0 Å². The summed E-state index contributed by atoms with van der Waals surface area (Å²) in [6, 6.07) is 14.8. The largest absolute Gasteiger partial charge is 0.493 e. The second-order valence-electron chi connectivity index (χ2n) is 5.61. The number of aromatic amines is 1. The number of fused-ring (bicyclic) bond motifs is 1. The van der Waals surface area contributed by atoms with Crippen LogP contribution in [0.3, 0.4) is 0 Å². The van der Waals surface area contributed by atoms with Gasteiger partial charge in [0.25, 0.3) is 5.91 Å². The molecule has 24 heavy (non-hydrogen) atoms. The summed E-state index contributed by atoms with van der Waals surface area (Å²) in [4.78, 5) is 19.3. The minimum absolute atomic E-state index is 0.0980. The van der Waals surface area contributed by atoms with Crippen LogP contribution in [0.4, 0.5) is 0 Å². The molecule has 1 amide bonds. The molecule has 1 aromatic heterocycles. The molecule has 5 nitrogen and oxygen atoms in total. The van der Waals surface area contributed by atoms with E-state index in [1.165, 1.54) is 4.57 Å². The van der Waals surface area contributed by atoms with Crippen LogP contribution >= 0.6 is 12.2 Å². The predicted molar refractivity (Wildman–Crippen MR) is 92.1 cm³/mol. The van der Waals surface area contributed by atoms with Crippen molar-refractivity contribution >= 4 is 23.7 Å². The number of aryl methyl sites for hydroxylation is 1. The average molecular weight is 335 g/mol. The first-order chi connectivity index (χ1) is 11.6. The topological polar surface area (TPSA) is 70.4 Å². The Kier molecular flexibility index (Phi) is 3.21. The number of benzene rings is 2. The van der Waals surface area contributed by atoms with Crippen LogP contribution in [-0.4, -0.2) is 20.6 Å². The second-order valence-corrected chi connectivity index (χ2v) is 6.00. The Morgan fingerprint density at radius 3 is 2.58 bits per heavy atom. The smallest absolute Gasteiger partial charge is 0.280 e. The molecule has 0 aliphatic carbocycles. The Balaban J connectivity index is 1.99. The molecule has 0 saturated carbocycles. The summed E-state index contributed by atoms with van der Waals surface area (Å²) in [6.07, 6.45) is 0.